The van der Waals surface area contributed by atoms with Crippen LogP contribution in [0.3, 0.4) is 0 Å². The van der Waals surface area contributed by atoms with Crippen molar-refractivity contribution in [2.45, 2.75) is 5.03 Å². The molecule has 1 aromatic heterocycles. The molecule has 6 nitrogen and oxygen atoms in total. The highest BCUT2D eigenvalue weighted by molar-refractivity contribution is 8.00. The fourth-order valence-electron chi connectivity index (χ4n) is 2.16. The van der Waals surface area contributed by atoms with E-state index in [-0.39, 0.29) is 11.7 Å². The second kappa shape index (κ2) is 8.00. The van der Waals surface area contributed by atoms with Gasteiger partial charge in [0, 0.05) is 19.7 Å². The number of nitrogens with one attached hydrogen (secondary N) is 2. The molecule has 120 valence electrons. The van der Waals surface area contributed by atoms with E-state index in [0.29, 0.717) is 27.5 Å². The lowest BCUT2D eigenvalue weighted by molar-refractivity contribution is -0.118. The number of amides is 1. The number of benzene rings is 1. The van der Waals surface area contributed by atoms with Crippen LogP contribution in [0.2, 0.25) is 0 Å². The Morgan fingerprint density at radius 3 is 2.38 bits per heavy atom. The molecule has 7 heteroatoms. The largest absolute Gasteiger partial charge is 0.372 e. The third-order valence-electron chi connectivity index (χ3n) is 3.31. The molecule has 2 rings (SSSR count). The number of nitrogens with zero attached hydrogens (tertiary/aromatic N) is 3. The first-order valence-corrected chi connectivity index (χ1v) is 8.09. The van der Waals surface area contributed by atoms with Gasteiger partial charge in [0.15, 0.2) is 0 Å². The second-order valence-electron chi connectivity index (χ2n) is 4.69. The third-order valence-corrected chi connectivity index (χ3v) is 4.28. The Kier molecular flexibility index (Phi) is 5.78. The number of hydrogen-bond acceptors (Lipinski definition) is 6. The Hall–Kier alpha value is -3.03. The molecule has 0 radical (unpaired) electrons. The lowest BCUT2D eigenvalue weighted by Crippen LogP contribution is -2.20. The summed E-state index contributed by atoms with van der Waals surface area (Å²) in [7, 11) is 3.21. The number of carbonyl (C=O) groups excluding carboxylic acids is 1. The van der Waals surface area contributed by atoms with Crippen LogP contribution in [0.5, 0.6) is 0 Å². The van der Waals surface area contributed by atoms with Crippen molar-refractivity contribution in [3.05, 3.63) is 41.5 Å². The van der Waals surface area contributed by atoms with Gasteiger partial charge in [-0.2, -0.15) is 10.5 Å². The van der Waals surface area contributed by atoms with Crippen LogP contribution >= 0.6 is 11.8 Å². The molecule has 0 aliphatic heterocycles. The maximum Gasteiger partial charge on any atom is 0.230 e. The molecule has 24 heavy (non-hydrogen) atoms. The van der Waals surface area contributed by atoms with Crippen molar-refractivity contribution in [3.8, 4) is 23.3 Å². The first kappa shape index (κ1) is 17.3. The summed E-state index contributed by atoms with van der Waals surface area (Å²) >= 11 is 1.17. The molecule has 1 amide bonds. The van der Waals surface area contributed by atoms with Gasteiger partial charge in [-0.05, 0) is 5.56 Å². The van der Waals surface area contributed by atoms with Gasteiger partial charge in [-0.25, -0.2) is 4.98 Å². The van der Waals surface area contributed by atoms with Gasteiger partial charge in [-0.1, -0.05) is 42.1 Å². The average Bonchev–Trinajstić information content (AvgIpc) is 2.65. The summed E-state index contributed by atoms with van der Waals surface area (Å²) in [5.74, 6) is 0.360. The van der Waals surface area contributed by atoms with E-state index in [1.807, 2.05) is 30.3 Å². The van der Waals surface area contributed by atoms with Crippen molar-refractivity contribution in [3.63, 3.8) is 0 Å². The third kappa shape index (κ3) is 3.48. The van der Waals surface area contributed by atoms with E-state index >= 15 is 0 Å². The average molecular weight is 337 g/mol. The van der Waals surface area contributed by atoms with E-state index in [4.69, 9.17) is 0 Å². The highest BCUT2D eigenvalue weighted by atomic mass is 32.2. The minimum absolute atomic E-state index is 0.140. The molecule has 0 unspecified atom stereocenters. The van der Waals surface area contributed by atoms with Gasteiger partial charge in [0.05, 0.1) is 11.3 Å². The molecule has 0 atom stereocenters. The quantitative estimate of drug-likeness (QED) is 0.812. The van der Waals surface area contributed by atoms with Crippen LogP contribution in [0.25, 0.3) is 11.1 Å². The molecule has 1 heterocycles. The molecule has 0 aliphatic carbocycles. The summed E-state index contributed by atoms with van der Waals surface area (Å²) in [6.45, 7) is 0. The molecule has 0 bridgehead atoms. The van der Waals surface area contributed by atoms with Gasteiger partial charge in [0.1, 0.15) is 28.5 Å². The van der Waals surface area contributed by atoms with E-state index in [0.717, 1.165) is 5.56 Å². The zero-order valence-electron chi connectivity index (χ0n) is 13.3. The number of hydrogen-bond donors (Lipinski definition) is 2. The van der Waals surface area contributed by atoms with Gasteiger partial charge in [0.2, 0.25) is 5.91 Å². The van der Waals surface area contributed by atoms with Crippen LogP contribution in [0.4, 0.5) is 5.82 Å². The van der Waals surface area contributed by atoms with Crippen molar-refractivity contribution in [1.29, 1.82) is 10.5 Å². The minimum Gasteiger partial charge on any atom is -0.372 e. The van der Waals surface area contributed by atoms with Gasteiger partial charge in [-0.15, -0.1) is 0 Å². The van der Waals surface area contributed by atoms with Crippen LogP contribution in [-0.2, 0) is 4.79 Å². The predicted octanol–water partition coefficient (Wildman–Crippen LogP) is 2.37. The fraction of sp³-hybridized carbons (Fsp3) is 0.176. The second-order valence-corrected chi connectivity index (χ2v) is 5.66. The van der Waals surface area contributed by atoms with Crippen LogP contribution in [0.1, 0.15) is 11.1 Å². The number of thioether (sulfide) groups is 1. The number of anilines is 1. The van der Waals surface area contributed by atoms with Crippen LogP contribution in [-0.4, -0.2) is 30.7 Å². The van der Waals surface area contributed by atoms with Crippen molar-refractivity contribution < 1.29 is 4.79 Å². The summed E-state index contributed by atoms with van der Waals surface area (Å²) < 4.78 is 0. The summed E-state index contributed by atoms with van der Waals surface area (Å²) in [6.07, 6.45) is 0. The van der Waals surface area contributed by atoms with Gasteiger partial charge in [0.25, 0.3) is 0 Å². The van der Waals surface area contributed by atoms with Crippen LogP contribution in [0.15, 0.2) is 35.4 Å². The Morgan fingerprint density at radius 1 is 1.17 bits per heavy atom. The predicted molar refractivity (Wildman–Crippen MR) is 93.4 cm³/mol. The highest BCUT2D eigenvalue weighted by Gasteiger charge is 2.21. The number of nitriles is 2. The summed E-state index contributed by atoms with van der Waals surface area (Å²) in [5.41, 5.74) is 1.89. The molecular formula is C17H15N5OS. The van der Waals surface area contributed by atoms with E-state index in [2.05, 4.69) is 27.8 Å². The van der Waals surface area contributed by atoms with E-state index in [1.54, 1.807) is 14.1 Å². The number of carbonyl (C=O) groups is 1. The zero-order valence-corrected chi connectivity index (χ0v) is 14.1. The van der Waals surface area contributed by atoms with Crippen molar-refractivity contribution >= 4 is 23.5 Å². The summed E-state index contributed by atoms with van der Waals surface area (Å²) in [6, 6.07) is 13.5. The first-order valence-electron chi connectivity index (χ1n) is 7.11. The van der Waals surface area contributed by atoms with Crippen LogP contribution in [0, 0.1) is 22.7 Å². The zero-order chi connectivity index (χ0) is 17.5. The highest BCUT2D eigenvalue weighted by Crippen LogP contribution is 2.36. The lowest BCUT2D eigenvalue weighted by Gasteiger charge is -2.14. The smallest absolute Gasteiger partial charge is 0.230 e. The molecule has 0 saturated heterocycles. The van der Waals surface area contributed by atoms with Gasteiger partial charge < -0.3 is 10.6 Å². The molecular weight excluding hydrogens is 322 g/mol. The van der Waals surface area contributed by atoms with E-state index < -0.39 is 0 Å². The minimum atomic E-state index is -0.165. The van der Waals surface area contributed by atoms with E-state index in [9.17, 15) is 15.3 Å². The fourth-order valence-corrected chi connectivity index (χ4v) is 3.02. The topological polar surface area (TPSA) is 102 Å². The van der Waals surface area contributed by atoms with E-state index in [1.165, 1.54) is 11.8 Å². The van der Waals surface area contributed by atoms with Crippen LogP contribution < -0.4 is 10.6 Å². The van der Waals surface area contributed by atoms with Gasteiger partial charge >= 0.3 is 0 Å². The molecule has 0 saturated carbocycles. The molecule has 0 aliphatic rings. The first-order chi connectivity index (χ1) is 11.7. The molecule has 0 spiro atoms. The van der Waals surface area contributed by atoms with Crippen molar-refractivity contribution in [1.82, 2.24) is 10.3 Å². The summed E-state index contributed by atoms with van der Waals surface area (Å²) in [4.78, 5) is 15.9. The number of aromatic nitrogens is 1. The molecule has 2 aromatic rings. The molecule has 2 N–H and O–H groups in total. The Labute approximate surface area is 144 Å². The number of pyridine rings is 1. The summed E-state index contributed by atoms with van der Waals surface area (Å²) in [5, 5.41) is 25.0. The SMILES string of the molecule is CNC(=O)CSc1nc(NC)c(C#N)c(-c2ccccc2)c1C#N. The normalized spacial score (nSPS) is 9.67. The Morgan fingerprint density at radius 2 is 1.83 bits per heavy atom. The molecule has 1 aromatic carbocycles. The standard InChI is InChI=1S/C17H15N5OS/c1-20-14(23)10-24-17-13(9-19)15(11-6-4-3-5-7-11)12(8-18)16(21-2)22-17/h3-7H,10H2,1-2H3,(H,20,23)(H,21,22). The van der Waals surface area contributed by atoms with Gasteiger partial charge in [-0.3, -0.25) is 4.79 Å². The van der Waals surface area contributed by atoms with Crippen molar-refractivity contribution in [2.75, 3.05) is 25.2 Å². The maximum atomic E-state index is 11.5. The van der Waals surface area contributed by atoms with Crippen molar-refractivity contribution in [2.24, 2.45) is 0 Å². The number of rotatable bonds is 5. The Bertz CT molecular complexity index is 837. The molecule has 0 fully saturated rings. The Balaban J connectivity index is 2.68. The monoisotopic (exact) mass is 337 g/mol. The maximum absolute atomic E-state index is 11.5. The lowest BCUT2D eigenvalue weighted by atomic mass is 9.97.